The van der Waals surface area contributed by atoms with Crippen molar-refractivity contribution in [2.24, 2.45) is 0 Å². The lowest BCUT2D eigenvalue weighted by atomic mass is 9.98. The van der Waals surface area contributed by atoms with Gasteiger partial charge in [0.2, 0.25) is 0 Å². The first kappa shape index (κ1) is 17.6. The zero-order valence-corrected chi connectivity index (χ0v) is 15.0. The molecule has 6 nitrogen and oxygen atoms in total. The van der Waals surface area contributed by atoms with Crippen LogP contribution >= 0.6 is 0 Å². The van der Waals surface area contributed by atoms with Gasteiger partial charge in [-0.25, -0.2) is 4.79 Å². The predicted octanol–water partition coefficient (Wildman–Crippen LogP) is 3.05. The summed E-state index contributed by atoms with van der Waals surface area (Å²) in [7, 11) is 0. The van der Waals surface area contributed by atoms with Gasteiger partial charge in [0.1, 0.15) is 11.8 Å². The van der Waals surface area contributed by atoms with Gasteiger partial charge in [-0.05, 0) is 51.4 Å². The molecule has 25 heavy (non-hydrogen) atoms. The molecule has 0 saturated carbocycles. The lowest BCUT2D eigenvalue weighted by Gasteiger charge is -2.49. The molecule has 2 aliphatic rings. The molecule has 2 aliphatic heterocycles. The van der Waals surface area contributed by atoms with Gasteiger partial charge in [-0.3, -0.25) is 4.90 Å². The van der Waals surface area contributed by atoms with Crippen LogP contribution in [0.15, 0.2) is 18.2 Å². The third kappa shape index (κ3) is 3.88. The maximum atomic E-state index is 12.4. The Morgan fingerprint density at radius 2 is 2.20 bits per heavy atom. The van der Waals surface area contributed by atoms with E-state index < -0.39 is 0 Å². The van der Waals surface area contributed by atoms with Crippen molar-refractivity contribution in [3.05, 3.63) is 23.8 Å². The average Bonchev–Trinajstić information content (AvgIpc) is 2.57. The Kier molecular flexibility index (Phi) is 5.44. The van der Waals surface area contributed by atoms with E-state index in [1.54, 1.807) is 18.2 Å². The van der Waals surface area contributed by atoms with E-state index in [-0.39, 0.29) is 6.03 Å². The fourth-order valence-corrected chi connectivity index (χ4v) is 3.67. The summed E-state index contributed by atoms with van der Waals surface area (Å²) in [5.74, 6) is 0.547. The van der Waals surface area contributed by atoms with Crippen molar-refractivity contribution in [2.45, 2.75) is 45.2 Å². The Morgan fingerprint density at radius 3 is 2.88 bits per heavy atom. The molecule has 1 aromatic carbocycles. The summed E-state index contributed by atoms with van der Waals surface area (Å²) in [6.07, 6.45) is 3.83. The minimum Gasteiger partial charge on any atom is -0.492 e. The van der Waals surface area contributed by atoms with Gasteiger partial charge in [0.15, 0.2) is 0 Å². The number of carbonyl (C=O) groups is 1. The van der Waals surface area contributed by atoms with E-state index in [0.717, 1.165) is 19.6 Å². The third-order valence-corrected chi connectivity index (χ3v) is 5.12. The topological polar surface area (TPSA) is 68.6 Å². The number of carbonyl (C=O) groups excluding carboxylic acids is 1. The maximum absolute atomic E-state index is 12.4. The summed E-state index contributed by atoms with van der Waals surface area (Å²) >= 11 is 0. The number of anilines is 1. The van der Waals surface area contributed by atoms with Crippen LogP contribution in [0.1, 0.15) is 38.7 Å². The summed E-state index contributed by atoms with van der Waals surface area (Å²) in [5, 5.41) is 12.1. The van der Waals surface area contributed by atoms with Gasteiger partial charge in [0, 0.05) is 30.9 Å². The molecular formula is C19H26N4O2. The first-order valence-electron chi connectivity index (χ1n) is 9.11. The number of piperidine rings is 1. The van der Waals surface area contributed by atoms with Crippen molar-refractivity contribution in [1.82, 2.24) is 9.80 Å². The van der Waals surface area contributed by atoms with Gasteiger partial charge in [-0.2, -0.15) is 5.26 Å². The zero-order valence-electron chi connectivity index (χ0n) is 15.0. The molecule has 0 aliphatic carbocycles. The second-order valence-electron chi connectivity index (χ2n) is 6.83. The highest BCUT2D eigenvalue weighted by Crippen LogP contribution is 2.26. The Labute approximate surface area is 149 Å². The molecule has 1 aromatic rings. The highest BCUT2D eigenvalue weighted by atomic mass is 16.5. The van der Waals surface area contributed by atoms with Crippen molar-refractivity contribution in [3.63, 3.8) is 0 Å². The van der Waals surface area contributed by atoms with Gasteiger partial charge < -0.3 is 15.0 Å². The molecule has 1 atom stereocenters. The summed E-state index contributed by atoms with van der Waals surface area (Å²) in [5.41, 5.74) is 1.06. The Bertz CT molecular complexity index is 664. The molecule has 0 bridgehead atoms. The number of nitriles is 1. The number of hydrogen-bond donors (Lipinski definition) is 1. The van der Waals surface area contributed by atoms with E-state index in [2.05, 4.69) is 23.2 Å². The molecule has 0 aromatic heterocycles. The van der Waals surface area contributed by atoms with Crippen LogP contribution in [-0.2, 0) is 0 Å². The van der Waals surface area contributed by atoms with Crippen LogP contribution in [0.2, 0.25) is 0 Å². The summed E-state index contributed by atoms with van der Waals surface area (Å²) in [4.78, 5) is 16.8. The van der Waals surface area contributed by atoms with Crippen molar-refractivity contribution >= 4 is 11.7 Å². The molecule has 2 saturated heterocycles. The fourth-order valence-electron chi connectivity index (χ4n) is 3.67. The Hall–Kier alpha value is -2.26. The average molecular weight is 342 g/mol. The van der Waals surface area contributed by atoms with E-state index in [4.69, 9.17) is 4.74 Å². The molecule has 2 heterocycles. The van der Waals surface area contributed by atoms with Gasteiger partial charge in [-0.15, -0.1) is 0 Å². The van der Waals surface area contributed by atoms with Gasteiger partial charge in [-0.1, -0.05) is 6.42 Å². The highest BCUT2D eigenvalue weighted by Gasteiger charge is 2.37. The second kappa shape index (κ2) is 7.75. The number of nitrogens with zero attached hydrogens (tertiary/aromatic N) is 3. The van der Waals surface area contributed by atoms with E-state index >= 15 is 0 Å². The van der Waals surface area contributed by atoms with Crippen LogP contribution in [0, 0.1) is 11.3 Å². The van der Waals surface area contributed by atoms with Crippen molar-refractivity contribution in [2.75, 3.05) is 31.6 Å². The van der Waals surface area contributed by atoms with Crippen molar-refractivity contribution in [3.8, 4) is 11.8 Å². The normalized spacial score (nSPS) is 21.3. The van der Waals surface area contributed by atoms with E-state index in [1.165, 1.54) is 19.3 Å². The monoisotopic (exact) mass is 342 g/mol. The van der Waals surface area contributed by atoms with Crippen LogP contribution < -0.4 is 10.1 Å². The van der Waals surface area contributed by atoms with E-state index in [0.29, 0.717) is 35.7 Å². The smallest absolute Gasteiger partial charge is 0.321 e. The SMILES string of the molecule is CCOc1ccc(NC(=O)N2CC(N3CCCCC3C)C2)cc1C#N. The molecule has 1 N–H and O–H groups in total. The molecule has 6 heteroatoms. The number of urea groups is 1. The zero-order chi connectivity index (χ0) is 17.8. The number of rotatable bonds is 4. The van der Waals surface area contributed by atoms with Crippen LogP contribution in [0.5, 0.6) is 5.75 Å². The Balaban J connectivity index is 1.54. The number of hydrogen-bond acceptors (Lipinski definition) is 4. The van der Waals surface area contributed by atoms with Gasteiger partial charge in [0.25, 0.3) is 0 Å². The van der Waals surface area contributed by atoms with Gasteiger partial charge in [0.05, 0.1) is 12.2 Å². The molecule has 3 rings (SSSR count). The predicted molar refractivity (Wildman–Crippen MR) is 96.7 cm³/mol. The second-order valence-corrected chi connectivity index (χ2v) is 6.83. The molecule has 1 unspecified atom stereocenters. The fraction of sp³-hybridized carbons (Fsp3) is 0.579. The lowest BCUT2D eigenvalue weighted by Crippen LogP contribution is -2.64. The number of amides is 2. The first-order chi connectivity index (χ1) is 12.1. The van der Waals surface area contributed by atoms with Crippen LogP contribution in [0.3, 0.4) is 0 Å². The van der Waals surface area contributed by atoms with E-state index in [1.807, 2.05) is 11.8 Å². The number of nitrogens with one attached hydrogen (secondary N) is 1. The molecule has 0 spiro atoms. The Morgan fingerprint density at radius 1 is 1.40 bits per heavy atom. The van der Waals surface area contributed by atoms with Crippen LogP contribution in [0.25, 0.3) is 0 Å². The number of likely N-dealkylation sites (tertiary alicyclic amines) is 2. The molecular weight excluding hydrogens is 316 g/mol. The van der Waals surface area contributed by atoms with Crippen molar-refractivity contribution in [1.29, 1.82) is 5.26 Å². The van der Waals surface area contributed by atoms with Crippen LogP contribution in [-0.4, -0.2) is 54.2 Å². The highest BCUT2D eigenvalue weighted by molar-refractivity contribution is 5.90. The van der Waals surface area contributed by atoms with E-state index in [9.17, 15) is 10.1 Å². The maximum Gasteiger partial charge on any atom is 0.321 e. The molecule has 2 fully saturated rings. The standard InChI is InChI=1S/C19H26N4O2/c1-3-25-18-8-7-16(10-15(18)11-20)21-19(24)22-12-17(13-22)23-9-5-4-6-14(23)2/h7-8,10,14,17H,3-6,9,12-13H2,1-2H3,(H,21,24). The quantitative estimate of drug-likeness (QED) is 0.913. The summed E-state index contributed by atoms with van der Waals surface area (Å²) in [6.45, 7) is 7.36. The summed E-state index contributed by atoms with van der Waals surface area (Å²) in [6, 6.07) is 8.27. The van der Waals surface area contributed by atoms with Gasteiger partial charge >= 0.3 is 6.03 Å². The third-order valence-electron chi connectivity index (χ3n) is 5.12. The minimum atomic E-state index is -0.103. The van der Waals surface area contributed by atoms with Crippen LogP contribution in [0.4, 0.5) is 10.5 Å². The molecule has 134 valence electrons. The minimum absolute atomic E-state index is 0.103. The van der Waals surface area contributed by atoms with Crippen molar-refractivity contribution < 1.29 is 9.53 Å². The largest absolute Gasteiger partial charge is 0.492 e. The number of benzene rings is 1. The molecule has 0 radical (unpaired) electrons. The summed E-state index contributed by atoms with van der Waals surface area (Å²) < 4.78 is 5.41. The number of ether oxygens (including phenoxy) is 1. The lowest BCUT2D eigenvalue weighted by molar-refractivity contribution is 0.0199. The first-order valence-corrected chi connectivity index (χ1v) is 9.11. The molecule has 2 amide bonds.